The number of hydrogen-bond donors (Lipinski definition) is 1. The van der Waals surface area contributed by atoms with Gasteiger partial charge in [-0.25, -0.2) is 4.98 Å². The minimum Gasteiger partial charge on any atom is -0.353 e. The zero-order valence-electron chi connectivity index (χ0n) is 21.2. The van der Waals surface area contributed by atoms with Crippen molar-refractivity contribution >= 4 is 16.9 Å². The van der Waals surface area contributed by atoms with Crippen molar-refractivity contribution in [3.63, 3.8) is 0 Å². The Bertz CT molecular complexity index is 1050. The number of aromatic nitrogens is 2. The normalized spacial score (nSPS) is 37.8. The molecule has 5 heteroatoms. The van der Waals surface area contributed by atoms with E-state index in [1.165, 1.54) is 88.4 Å². The van der Waals surface area contributed by atoms with Gasteiger partial charge in [0.1, 0.15) is 5.82 Å². The number of rotatable bonds is 4. The Labute approximate surface area is 210 Å². The lowest BCUT2D eigenvalue weighted by Gasteiger charge is -2.54. The fraction of sp³-hybridized carbons (Fsp3) is 0.733. The minimum absolute atomic E-state index is 0.202. The summed E-state index contributed by atoms with van der Waals surface area (Å²) in [6, 6.07) is 11.8. The Balaban J connectivity index is 1.17. The van der Waals surface area contributed by atoms with Crippen molar-refractivity contribution in [2.24, 2.45) is 11.8 Å². The van der Waals surface area contributed by atoms with Crippen LogP contribution in [0.4, 0.5) is 0 Å². The zero-order valence-corrected chi connectivity index (χ0v) is 21.2. The molecule has 5 aliphatic rings. The van der Waals surface area contributed by atoms with Crippen LogP contribution in [0.15, 0.2) is 24.3 Å². The standard InChI is InChI=1S/C30H42N4O/c35-30-13-12-22(31-30)17-29-32-27-10-3-4-11-28(27)34(29)26-18-23-8-5-9-24(19-26)33(23)25-15-20-6-1-2-7-21(14-20)16-25/h3-4,10-11,20-26H,1-2,5-9,12-19H2,(H,31,35)/t20-,21+,22-,23-,24+,25?,26?/m0/s1. The first-order valence-electron chi connectivity index (χ1n) is 14.7. The Kier molecular flexibility index (Phi) is 5.87. The zero-order chi connectivity index (χ0) is 23.4. The van der Waals surface area contributed by atoms with E-state index in [1.807, 2.05) is 0 Å². The first-order valence-corrected chi connectivity index (χ1v) is 14.7. The molecule has 0 radical (unpaired) electrons. The lowest BCUT2D eigenvalue weighted by Crippen LogP contribution is -2.58. The molecule has 35 heavy (non-hydrogen) atoms. The van der Waals surface area contributed by atoms with Crippen molar-refractivity contribution in [3.8, 4) is 0 Å². The van der Waals surface area contributed by atoms with Crippen LogP contribution in [0.1, 0.15) is 102 Å². The highest BCUT2D eigenvalue weighted by molar-refractivity contribution is 5.79. The van der Waals surface area contributed by atoms with Gasteiger partial charge in [0.05, 0.1) is 11.0 Å². The predicted molar refractivity (Wildman–Crippen MR) is 139 cm³/mol. The molecule has 1 amide bonds. The average molecular weight is 475 g/mol. The van der Waals surface area contributed by atoms with Gasteiger partial charge in [-0.2, -0.15) is 0 Å². The molecule has 4 bridgehead atoms. The van der Waals surface area contributed by atoms with E-state index in [4.69, 9.17) is 4.98 Å². The summed E-state index contributed by atoms with van der Waals surface area (Å²) < 4.78 is 2.61. The monoisotopic (exact) mass is 474 g/mol. The van der Waals surface area contributed by atoms with Gasteiger partial charge in [0, 0.05) is 43.1 Å². The van der Waals surface area contributed by atoms with Gasteiger partial charge in [0.2, 0.25) is 5.91 Å². The summed E-state index contributed by atoms with van der Waals surface area (Å²) in [6.45, 7) is 0. The summed E-state index contributed by atoms with van der Waals surface area (Å²) in [6.07, 6.45) is 19.5. The van der Waals surface area contributed by atoms with Crippen molar-refractivity contribution in [2.45, 2.75) is 127 Å². The maximum atomic E-state index is 11.9. The SMILES string of the molecule is O=C1CC[C@@H](Cc2nc3ccccc3n2C2C[C@H]3CCC[C@@H](C2)N3C2C[C@H]3CCCC[C@@H](C2)C3)N1. The van der Waals surface area contributed by atoms with Crippen LogP contribution in [0.2, 0.25) is 0 Å². The molecule has 2 saturated carbocycles. The molecule has 2 aliphatic carbocycles. The smallest absolute Gasteiger partial charge is 0.220 e. The fourth-order valence-corrected chi connectivity index (χ4v) is 9.00. The molecule has 2 unspecified atom stereocenters. The summed E-state index contributed by atoms with van der Waals surface area (Å²) in [7, 11) is 0. The van der Waals surface area contributed by atoms with Gasteiger partial charge >= 0.3 is 0 Å². The van der Waals surface area contributed by atoms with Crippen LogP contribution in [0.25, 0.3) is 11.0 Å². The molecule has 2 aromatic rings. The number of benzene rings is 1. The second-order valence-electron chi connectivity index (χ2n) is 12.6. The lowest BCUT2D eigenvalue weighted by atomic mass is 9.73. The second-order valence-corrected chi connectivity index (χ2v) is 12.6. The van der Waals surface area contributed by atoms with Crippen molar-refractivity contribution in [2.75, 3.05) is 0 Å². The van der Waals surface area contributed by atoms with Crippen molar-refractivity contribution in [1.29, 1.82) is 0 Å². The molecule has 1 aromatic carbocycles. The number of imidazole rings is 1. The van der Waals surface area contributed by atoms with E-state index in [0.717, 1.165) is 48.3 Å². The van der Waals surface area contributed by atoms with Crippen molar-refractivity contribution < 1.29 is 4.79 Å². The molecular weight excluding hydrogens is 432 g/mol. The third-order valence-corrected chi connectivity index (χ3v) is 10.3. The van der Waals surface area contributed by atoms with Crippen LogP contribution >= 0.6 is 0 Å². The van der Waals surface area contributed by atoms with E-state index >= 15 is 0 Å². The Morgan fingerprint density at radius 2 is 1.54 bits per heavy atom. The number of piperidine rings is 2. The quantitative estimate of drug-likeness (QED) is 0.612. The van der Waals surface area contributed by atoms with Gasteiger partial charge < -0.3 is 9.88 Å². The van der Waals surface area contributed by atoms with E-state index in [1.54, 1.807) is 0 Å². The lowest BCUT2D eigenvalue weighted by molar-refractivity contribution is -0.119. The summed E-state index contributed by atoms with van der Waals surface area (Å²) in [5.74, 6) is 3.38. The number of carbonyl (C=O) groups excluding carboxylic acids is 1. The number of para-hydroxylation sites is 2. The highest BCUT2D eigenvalue weighted by atomic mass is 16.1. The minimum atomic E-state index is 0.202. The predicted octanol–water partition coefficient (Wildman–Crippen LogP) is 5.77. The van der Waals surface area contributed by atoms with Crippen LogP contribution in [-0.4, -0.2) is 44.5 Å². The van der Waals surface area contributed by atoms with Crippen LogP contribution < -0.4 is 5.32 Å². The first-order chi connectivity index (χ1) is 17.2. The van der Waals surface area contributed by atoms with Gasteiger partial charge in [0.25, 0.3) is 0 Å². The van der Waals surface area contributed by atoms with Gasteiger partial charge in [-0.1, -0.05) is 44.2 Å². The number of amides is 1. The summed E-state index contributed by atoms with van der Waals surface area (Å²) >= 11 is 0. The Hall–Kier alpha value is -1.88. The van der Waals surface area contributed by atoms with E-state index in [9.17, 15) is 4.79 Å². The third-order valence-electron chi connectivity index (χ3n) is 10.3. The van der Waals surface area contributed by atoms with E-state index < -0.39 is 0 Å². The number of carbonyl (C=O) groups is 1. The molecule has 3 aliphatic heterocycles. The van der Waals surface area contributed by atoms with Crippen LogP contribution in [-0.2, 0) is 11.2 Å². The van der Waals surface area contributed by atoms with E-state index in [2.05, 4.69) is 39.0 Å². The average Bonchev–Trinajstić information content (AvgIpc) is 3.38. The second kappa shape index (κ2) is 9.21. The Morgan fingerprint density at radius 3 is 2.26 bits per heavy atom. The maximum absolute atomic E-state index is 11.9. The van der Waals surface area contributed by atoms with Gasteiger partial charge in [-0.15, -0.1) is 0 Å². The molecule has 4 heterocycles. The number of hydrogen-bond acceptors (Lipinski definition) is 3. The molecule has 3 saturated heterocycles. The van der Waals surface area contributed by atoms with Gasteiger partial charge in [-0.05, 0) is 75.3 Å². The molecule has 0 spiro atoms. The highest BCUT2D eigenvalue weighted by Gasteiger charge is 2.45. The highest BCUT2D eigenvalue weighted by Crippen LogP contribution is 2.47. The van der Waals surface area contributed by atoms with Crippen molar-refractivity contribution in [3.05, 3.63) is 30.1 Å². The summed E-state index contributed by atoms with van der Waals surface area (Å²) in [5, 5.41) is 3.19. The third kappa shape index (κ3) is 4.22. The van der Waals surface area contributed by atoms with E-state index in [0.29, 0.717) is 12.5 Å². The molecule has 7 rings (SSSR count). The van der Waals surface area contributed by atoms with Gasteiger partial charge in [0.15, 0.2) is 0 Å². The topological polar surface area (TPSA) is 50.2 Å². The molecule has 5 fully saturated rings. The van der Waals surface area contributed by atoms with Crippen LogP contribution in [0.5, 0.6) is 0 Å². The van der Waals surface area contributed by atoms with E-state index in [-0.39, 0.29) is 11.9 Å². The Morgan fingerprint density at radius 1 is 0.800 bits per heavy atom. The molecular formula is C30H42N4O. The molecule has 1 N–H and O–H groups in total. The number of nitrogens with zero attached hydrogens (tertiary/aromatic N) is 3. The molecule has 5 nitrogen and oxygen atoms in total. The van der Waals surface area contributed by atoms with Crippen molar-refractivity contribution in [1.82, 2.24) is 19.8 Å². The fourth-order valence-electron chi connectivity index (χ4n) is 9.00. The maximum Gasteiger partial charge on any atom is 0.220 e. The van der Waals surface area contributed by atoms with Crippen LogP contribution in [0, 0.1) is 11.8 Å². The largest absolute Gasteiger partial charge is 0.353 e. The molecule has 1 aromatic heterocycles. The molecule has 188 valence electrons. The number of fused-ring (bicyclic) bond motifs is 5. The summed E-state index contributed by atoms with van der Waals surface area (Å²) in [5.41, 5.74) is 2.42. The number of nitrogens with one attached hydrogen (secondary N) is 1. The first kappa shape index (κ1) is 22.3. The summed E-state index contributed by atoms with van der Waals surface area (Å²) in [4.78, 5) is 20.1. The molecule has 7 atom stereocenters. The van der Waals surface area contributed by atoms with Crippen LogP contribution in [0.3, 0.4) is 0 Å². The van der Waals surface area contributed by atoms with Gasteiger partial charge in [-0.3, -0.25) is 9.69 Å².